The second-order valence-electron chi connectivity index (χ2n) is 6.89. The fourth-order valence-corrected chi connectivity index (χ4v) is 3.77. The van der Waals surface area contributed by atoms with Crippen molar-refractivity contribution in [3.05, 3.63) is 65.5 Å². The Labute approximate surface area is 148 Å². The molecule has 5 heteroatoms. The van der Waals surface area contributed by atoms with E-state index in [0.717, 1.165) is 36.6 Å². The van der Waals surface area contributed by atoms with E-state index >= 15 is 0 Å². The molecule has 2 aliphatic rings. The molecule has 2 aliphatic heterocycles. The molecule has 2 saturated heterocycles. The molecule has 3 heterocycles. The number of hydrogen-bond donors (Lipinski definition) is 0. The van der Waals surface area contributed by atoms with Crippen molar-refractivity contribution in [3.63, 3.8) is 0 Å². The van der Waals surface area contributed by atoms with E-state index in [9.17, 15) is 4.79 Å². The summed E-state index contributed by atoms with van der Waals surface area (Å²) in [5, 5.41) is 0. The molecule has 130 valence electrons. The molecule has 25 heavy (non-hydrogen) atoms. The van der Waals surface area contributed by atoms with Gasteiger partial charge in [0.15, 0.2) is 0 Å². The normalized spacial score (nSPS) is 23.7. The third kappa shape index (κ3) is 3.57. The van der Waals surface area contributed by atoms with Crippen LogP contribution in [0.2, 0.25) is 0 Å². The SMILES string of the molecule is Cc1cccc(CN2C[C@@H]3[C@@H](C2)OCC(=O)N3Cc2ccccc2)n1. The third-order valence-electron chi connectivity index (χ3n) is 4.98. The van der Waals surface area contributed by atoms with Crippen LogP contribution in [-0.2, 0) is 22.6 Å². The molecule has 1 aromatic heterocycles. The van der Waals surface area contributed by atoms with Crippen molar-refractivity contribution >= 4 is 5.91 Å². The van der Waals surface area contributed by atoms with Crippen LogP contribution < -0.4 is 0 Å². The van der Waals surface area contributed by atoms with Gasteiger partial charge in [-0.05, 0) is 24.6 Å². The summed E-state index contributed by atoms with van der Waals surface area (Å²) < 4.78 is 5.82. The highest BCUT2D eigenvalue weighted by molar-refractivity contribution is 5.78. The van der Waals surface area contributed by atoms with Crippen LogP contribution in [0.4, 0.5) is 0 Å². The first kappa shape index (κ1) is 16.2. The number of aryl methyl sites for hydroxylation is 1. The fourth-order valence-electron chi connectivity index (χ4n) is 3.77. The van der Waals surface area contributed by atoms with E-state index in [2.05, 4.69) is 28.1 Å². The van der Waals surface area contributed by atoms with Crippen LogP contribution >= 0.6 is 0 Å². The van der Waals surface area contributed by atoms with Gasteiger partial charge in [-0.15, -0.1) is 0 Å². The quantitative estimate of drug-likeness (QED) is 0.856. The Morgan fingerprint density at radius 2 is 1.92 bits per heavy atom. The maximum absolute atomic E-state index is 12.4. The van der Waals surface area contributed by atoms with Gasteiger partial charge in [0, 0.05) is 31.9 Å². The summed E-state index contributed by atoms with van der Waals surface area (Å²) in [4.78, 5) is 21.3. The number of carbonyl (C=O) groups excluding carboxylic acids is 1. The Balaban J connectivity index is 1.47. The first-order valence-electron chi connectivity index (χ1n) is 8.79. The highest BCUT2D eigenvalue weighted by atomic mass is 16.5. The first-order valence-corrected chi connectivity index (χ1v) is 8.79. The lowest BCUT2D eigenvalue weighted by atomic mass is 10.1. The minimum Gasteiger partial charge on any atom is -0.365 e. The standard InChI is InChI=1S/C20H23N3O2/c1-15-6-5-9-17(21-15)11-22-12-18-19(13-22)25-14-20(24)23(18)10-16-7-3-2-4-8-16/h2-9,18-19H,10-14H2,1H3/t18-,19-/m1/s1. The summed E-state index contributed by atoms with van der Waals surface area (Å²) >= 11 is 0. The number of ether oxygens (including phenoxy) is 1. The minimum absolute atomic E-state index is 0.0839. The number of amides is 1. The summed E-state index contributed by atoms with van der Waals surface area (Å²) in [5.74, 6) is 0.0839. The Kier molecular flexibility index (Phi) is 4.51. The first-order chi connectivity index (χ1) is 12.2. The molecule has 0 saturated carbocycles. The Bertz CT molecular complexity index is 750. The number of morpholine rings is 1. The molecule has 2 aromatic rings. The number of hydrogen-bond acceptors (Lipinski definition) is 4. The van der Waals surface area contributed by atoms with E-state index in [1.807, 2.05) is 42.2 Å². The van der Waals surface area contributed by atoms with Gasteiger partial charge < -0.3 is 9.64 Å². The van der Waals surface area contributed by atoms with Crippen LogP contribution in [0, 0.1) is 6.92 Å². The van der Waals surface area contributed by atoms with Crippen molar-refractivity contribution in [2.75, 3.05) is 19.7 Å². The van der Waals surface area contributed by atoms with Crippen LogP contribution in [0.5, 0.6) is 0 Å². The molecule has 4 rings (SSSR count). The molecule has 5 nitrogen and oxygen atoms in total. The number of carbonyl (C=O) groups is 1. The number of rotatable bonds is 4. The molecule has 0 spiro atoms. The molecule has 0 bridgehead atoms. The lowest BCUT2D eigenvalue weighted by molar-refractivity contribution is -0.153. The van der Waals surface area contributed by atoms with Crippen LogP contribution in [0.1, 0.15) is 17.0 Å². The van der Waals surface area contributed by atoms with Crippen LogP contribution in [0.25, 0.3) is 0 Å². The zero-order chi connectivity index (χ0) is 17.2. The molecule has 0 N–H and O–H groups in total. The van der Waals surface area contributed by atoms with E-state index in [1.165, 1.54) is 0 Å². The van der Waals surface area contributed by atoms with E-state index in [4.69, 9.17) is 4.74 Å². The summed E-state index contributed by atoms with van der Waals surface area (Å²) in [6.45, 7) is 5.32. The lowest BCUT2D eigenvalue weighted by Crippen LogP contribution is -2.53. The van der Waals surface area contributed by atoms with Gasteiger partial charge in [0.05, 0.1) is 17.8 Å². The molecule has 1 aromatic carbocycles. The highest BCUT2D eigenvalue weighted by Crippen LogP contribution is 2.26. The van der Waals surface area contributed by atoms with Crippen LogP contribution in [-0.4, -0.2) is 52.5 Å². The number of benzene rings is 1. The molecule has 0 radical (unpaired) electrons. The number of nitrogens with zero attached hydrogens (tertiary/aromatic N) is 3. The monoisotopic (exact) mass is 337 g/mol. The van der Waals surface area contributed by atoms with Crippen molar-refractivity contribution in [2.24, 2.45) is 0 Å². The molecular weight excluding hydrogens is 314 g/mol. The van der Waals surface area contributed by atoms with Crippen LogP contribution in [0.3, 0.4) is 0 Å². The van der Waals surface area contributed by atoms with E-state index in [-0.39, 0.29) is 24.7 Å². The number of likely N-dealkylation sites (tertiary alicyclic amines) is 1. The highest BCUT2D eigenvalue weighted by Gasteiger charge is 2.43. The average molecular weight is 337 g/mol. The summed E-state index contributed by atoms with van der Waals surface area (Å²) in [7, 11) is 0. The predicted molar refractivity (Wildman–Crippen MR) is 94.8 cm³/mol. The molecule has 1 amide bonds. The Morgan fingerprint density at radius 3 is 2.72 bits per heavy atom. The fraction of sp³-hybridized carbons (Fsp3) is 0.400. The summed E-state index contributed by atoms with van der Waals surface area (Å²) in [5.41, 5.74) is 3.26. The maximum atomic E-state index is 12.4. The zero-order valence-electron chi connectivity index (χ0n) is 14.5. The maximum Gasteiger partial charge on any atom is 0.249 e. The number of aromatic nitrogens is 1. The van der Waals surface area contributed by atoms with E-state index in [1.54, 1.807) is 0 Å². The van der Waals surface area contributed by atoms with Gasteiger partial charge in [0.2, 0.25) is 5.91 Å². The Morgan fingerprint density at radius 1 is 1.08 bits per heavy atom. The predicted octanol–water partition coefficient (Wildman–Crippen LogP) is 2.00. The number of pyridine rings is 1. The Hall–Kier alpha value is -2.24. The van der Waals surface area contributed by atoms with Gasteiger partial charge >= 0.3 is 0 Å². The van der Waals surface area contributed by atoms with Gasteiger partial charge in [-0.2, -0.15) is 0 Å². The topological polar surface area (TPSA) is 45.7 Å². The van der Waals surface area contributed by atoms with Gasteiger partial charge in [-0.3, -0.25) is 14.7 Å². The van der Waals surface area contributed by atoms with Crippen molar-refractivity contribution in [3.8, 4) is 0 Å². The molecule has 0 unspecified atom stereocenters. The van der Waals surface area contributed by atoms with Gasteiger partial charge in [0.1, 0.15) is 6.61 Å². The van der Waals surface area contributed by atoms with Gasteiger partial charge in [0.25, 0.3) is 0 Å². The van der Waals surface area contributed by atoms with Crippen molar-refractivity contribution < 1.29 is 9.53 Å². The molecular formula is C20H23N3O2. The van der Waals surface area contributed by atoms with Crippen molar-refractivity contribution in [1.29, 1.82) is 0 Å². The van der Waals surface area contributed by atoms with Crippen molar-refractivity contribution in [2.45, 2.75) is 32.2 Å². The van der Waals surface area contributed by atoms with E-state index in [0.29, 0.717) is 6.54 Å². The lowest BCUT2D eigenvalue weighted by Gasteiger charge is -2.36. The smallest absolute Gasteiger partial charge is 0.249 e. The van der Waals surface area contributed by atoms with Gasteiger partial charge in [-0.25, -0.2) is 0 Å². The van der Waals surface area contributed by atoms with Crippen molar-refractivity contribution in [1.82, 2.24) is 14.8 Å². The van der Waals surface area contributed by atoms with E-state index < -0.39 is 0 Å². The summed E-state index contributed by atoms with van der Waals surface area (Å²) in [6.07, 6.45) is 0.0891. The second-order valence-corrected chi connectivity index (χ2v) is 6.89. The van der Waals surface area contributed by atoms with Gasteiger partial charge in [-0.1, -0.05) is 36.4 Å². The number of fused-ring (bicyclic) bond motifs is 1. The largest absolute Gasteiger partial charge is 0.365 e. The second kappa shape index (κ2) is 6.94. The van der Waals surface area contributed by atoms with Crippen LogP contribution in [0.15, 0.2) is 48.5 Å². The summed E-state index contributed by atoms with van der Waals surface area (Å²) in [6, 6.07) is 16.4. The molecule has 2 atom stereocenters. The zero-order valence-corrected chi connectivity index (χ0v) is 14.5. The minimum atomic E-state index is 0.0839. The molecule has 0 aliphatic carbocycles. The third-order valence-corrected chi connectivity index (χ3v) is 4.98. The molecule has 2 fully saturated rings. The average Bonchev–Trinajstić information content (AvgIpc) is 3.01.